The van der Waals surface area contributed by atoms with Gasteiger partial charge in [0.1, 0.15) is 11.6 Å². The summed E-state index contributed by atoms with van der Waals surface area (Å²) in [6.07, 6.45) is 2.18. The monoisotopic (exact) mass is 297 g/mol. The Bertz CT molecular complexity index is 438. The van der Waals surface area contributed by atoms with Crippen molar-refractivity contribution in [2.75, 3.05) is 7.11 Å². The summed E-state index contributed by atoms with van der Waals surface area (Å²) in [6, 6.07) is -0.918. The highest BCUT2D eigenvalue weighted by atomic mass is 16.6. The molecular formula is C15H23NO5. The SMILES string of the molecule is C=CCC1CC[C@@H](C(=O)OC)N(C(=O)OC(C)(C)C)C1=O. The number of amides is 2. The summed E-state index contributed by atoms with van der Waals surface area (Å²) in [5.74, 6) is -1.37. The summed E-state index contributed by atoms with van der Waals surface area (Å²) in [7, 11) is 1.23. The second-order valence-electron chi connectivity index (χ2n) is 6.03. The van der Waals surface area contributed by atoms with E-state index in [-0.39, 0.29) is 5.92 Å². The van der Waals surface area contributed by atoms with Crippen LogP contribution in [0.15, 0.2) is 12.7 Å². The van der Waals surface area contributed by atoms with E-state index in [2.05, 4.69) is 11.3 Å². The maximum atomic E-state index is 12.4. The van der Waals surface area contributed by atoms with Crippen molar-refractivity contribution in [1.82, 2.24) is 4.90 Å². The molecule has 1 heterocycles. The molecule has 6 heteroatoms. The third-order valence-electron chi connectivity index (χ3n) is 3.20. The number of hydrogen-bond acceptors (Lipinski definition) is 5. The van der Waals surface area contributed by atoms with Crippen molar-refractivity contribution in [1.29, 1.82) is 0 Å². The number of rotatable bonds is 3. The molecule has 0 spiro atoms. The van der Waals surface area contributed by atoms with Gasteiger partial charge < -0.3 is 9.47 Å². The summed E-state index contributed by atoms with van der Waals surface area (Å²) < 4.78 is 9.91. The number of hydrogen-bond donors (Lipinski definition) is 0. The molecule has 21 heavy (non-hydrogen) atoms. The Morgan fingerprint density at radius 1 is 1.38 bits per heavy atom. The van der Waals surface area contributed by atoms with Crippen LogP contribution in [0.2, 0.25) is 0 Å². The molecule has 0 aromatic carbocycles. The van der Waals surface area contributed by atoms with Gasteiger partial charge in [0.2, 0.25) is 5.91 Å². The van der Waals surface area contributed by atoms with Gasteiger partial charge in [-0.3, -0.25) is 4.79 Å². The third kappa shape index (κ3) is 4.31. The average molecular weight is 297 g/mol. The van der Waals surface area contributed by atoms with E-state index in [1.54, 1.807) is 26.8 Å². The zero-order valence-corrected chi connectivity index (χ0v) is 13.0. The van der Waals surface area contributed by atoms with E-state index in [0.29, 0.717) is 19.3 Å². The van der Waals surface area contributed by atoms with E-state index in [9.17, 15) is 14.4 Å². The minimum absolute atomic E-state index is 0.351. The van der Waals surface area contributed by atoms with E-state index in [0.717, 1.165) is 4.90 Å². The molecule has 1 rings (SSSR count). The van der Waals surface area contributed by atoms with Crippen molar-refractivity contribution in [3.05, 3.63) is 12.7 Å². The van der Waals surface area contributed by atoms with Gasteiger partial charge in [-0.15, -0.1) is 6.58 Å². The lowest BCUT2D eigenvalue weighted by molar-refractivity contribution is -0.157. The molecule has 1 fully saturated rings. The van der Waals surface area contributed by atoms with Crippen LogP contribution < -0.4 is 0 Å². The standard InChI is InChI=1S/C15H23NO5/c1-6-7-10-8-9-11(13(18)20-5)16(12(10)17)14(19)21-15(2,3)4/h6,10-11H,1,7-9H2,2-5H3/t10?,11-/m0/s1. The molecule has 0 aliphatic carbocycles. The largest absolute Gasteiger partial charge is 0.467 e. The molecule has 1 aliphatic rings. The number of ether oxygens (including phenoxy) is 2. The molecule has 0 bridgehead atoms. The maximum absolute atomic E-state index is 12.4. The number of carbonyl (C=O) groups is 3. The summed E-state index contributed by atoms with van der Waals surface area (Å²) in [5.41, 5.74) is -0.747. The summed E-state index contributed by atoms with van der Waals surface area (Å²) in [4.78, 5) is 37.4. The van der Waals surface area contributed by atoms with E-state index in [1.807, 2.05) is 0 Å². The van der Waals surface area contributed by atoms with E-state index in [4.69, 9.17) is 4.74 Å². The fourth-order valence-electron chi connectivity index (χ4n) is 2.27. The lowest BCUT2D eigenvalue weighted by Crippen LogP contribution is -2.55. The number of likely N-dealkylation sites (tertiary alicyclic amines) is 1. The van der Waals surface area contributed by atoms with Crippen LogP contribution in [0, 0.1) is 5.92 Å². The Hall–Kier alpha value is -1.85. The normalized spacial score (nSPS) is 22.7. The minimum Gasteiger partial charge on any atom is -0.467 e. The molecule has 0 saturated carbocycles. The van der Waals surface area contributed by atoms with Gasteiger partial charge in [-0.25, -0.2) is 14.5 Å². The zero-order chi connectivity index (χ0) is 16.2. The van der Waals surface area contributed by atoms with E-state index in [1.165, 1.54) is 7.11 Å². The first-order chi connectivity index (χ1) is 9.71. The molecule has 1 unspecified atom stereocenters. The fraction of sp³-hybridized carbons (Fsp3) is 0.667. The van der Waals surface area contributed by atoms with Crippen molar-refractivity contribution >= 4 is 18.0 Å². The van der Waals surface area contributed by atoms with Gasteiger partial charge >= 0.3 is 12.1 Å². The smallest absolute Gasteiger partial charge is 0.417 e. The molecule has 1 aliphatic heterocycles. The number of nitrogens with zero attached hydrogens (tertiary/aromatic N) is 1. The molecule has 0 aromatic rings. The Labute approximate surface area is 125 Å². The highest BCUT2D eigenvalue weighted by Gasteiger charge is 2.44. The number of allylic oxidation sites excluding steroid dienone is 1. The van der Waals surface area contributed by atoms with Crippen molar-refractivity contribution in [2.45, 2.75) is 51.7 Å². The predicted molar refractivity (Wildman–Crippen MR) is 76.4 cm³/mol. The average Bonchev–Trinajstić information content (AvgIpc) is 2.37. The summed E-state index contributed by atoms with van der Waals surface area (Å²) >= 11 is 0. The zero-order valence-electron chi connectivity index (χ0n) is 13.0. The first-order valence-corrected chi connectivity index (χ1v) is 6.96. The molecule has 2 atom stereocenters. The quantitative estimate of drug-likeness (QED) is 0.590. The number of imide groups is 1. The van der Waals surface area contributed by atoms with Gasteiger partial charge in [-0.2, -0.15) is 0 Å². The Morgan fingerprint density at radius 2 is 2.00 bits per heavy atom. The first kappa shape index (κ1) is 17.2. The van der Waals surface area contributed by atoms with Crippen LogP contribution in [-0.4, -0.2) is 41.6 Å². The Balaban J connectivity index is 3.02. The molecule has 6 nitrogen and oxygen atoms in total. The highest BCUT2D eigenvalue weighted by Crippen LogP contribution is 2.28. The summed E-state index contributed by atoms with van der Waals surface area (Å²) in [5, 5.41) is 0. The number of methoxy groups -OCH3 is 1. The molecule has 0 aromatic heterocycles. The van der Waals surface area contributed by atoms with Crippen LogP contribution in [0.5, 0.6) is 0 Å². The lowest BCUT2D eigenvalue weighted by atomic mass is 9.89. The third-order valence-corrected chi connectivity index (χ3v) is 3.20. The predicted octanol–water partition coefficient (Wildman–Crippen LogP) is 2.28. The maximum Gasteiger partial charge on any atom is 0.417 e. The molecule has 2 amide bonds. The lowest BCUT2D eigenvalue weighted by Gasteiger charge is -2.36. The van der Waals surface area contributed by atoms with Crippen LogP contribution in [0.1, 0.15) is 40.0 Å². The summed E-state index contributed by atoms with van der Waals surface area (Å²) in [6.45, 7) is 8.72. The molecule has 0 radical (unpaired) electrons. The van der Waals surface area contributed by atoms with Gasteiger partial charge in [0.15, 0.2) is 0 Å². The number of carbonyl (C=O) groups excluding carboxylic acids is 3. The molecule has 0 N–H and O–H groups in total. The van der Waals surface area contributed by atoms with Gasteiger partial charge in [-0.1, -0.05) is 6.08 Å². The molecular weight excluding hydrogens is 274 g/mol. The van der Waals surface area contributed by atoms with Crippen LogP contribution in [0.3, 0.4) is 0 Å². The van der Waals surface area contributed by atoms with Gasteiger partial charge in [-0.05, 0) is 40.0 Å². The minimum atomic E-state index is -0.918. The fourth-order valence-corrected chi connectivity index (χ4v) is 2.27. The molecule has 1 saturated heterocycles. The second-order valence-corrected chi connectivity index (χ2v) is 6.03. The first-order valence-electron chi connectivity index (χ1n) is 6.96. The van der Waals surface area contributed by atoms with E-state index < -0.39 is 29.6 Å². The van der Waals surface area contributed by atoms with Crippen LogP contribution in [0.4, 0.5) is 4.79 Å². The van der Waals surface area contributed by atoms with E-state index >= 15 is 0 Å². The Kier molecular flexibility index (Phi) is 5.52. The van der Waals surface area contributed by atoms with Gasteiger partial charge in [0.25, 0.3) is 0 Å². The highest BCUT2D eigenvalue weighted by molar-refractivity contribution is 5.98. The van der Waals surface area contributed by atoms with Gasteiger partial charge in [0, 0.05) is 5.92 Å². The van der Waals surface area contributed by atoms with Crippen molar-refractivity contribution in [3.63, 3.8) is 0 Å². The topological polar surface area (TPSA) is 72.9 Å². The van der Waals surface area contributed by atoms with Crippen molar-refractivity contribution in [3.8, 4) is 0 Å². The molecule has 118 valence electrons. The van der Waals surface area contributed by atoms with Gasteiger partial charge in [0.05, 0.1) is 7.11 Å². The number of esters is 1. The van der Waals surface area contributed by atoms with Crippen LogP contribution >= 0.6 is 0 Å². The Morgan fingerprint density at radius 3 is 2.48 bits per heavy atom. The second kappa shape index (κ2) is 6.74. The van der Waals surface area contributed by atoms with Crippen molar-refractivity contribution < 1.29 is 23.9 Å². The number of piperidine rings is 1. The van der Waals surface area contributed by atoms with Crippen LogP contribution in [0.25, 0.3) is 0 Å². The van der Waals surface area contributed by atoms with Crippen LogP contribution in [-0.2, 0) is 19.1 Å². The van der Waals surface area contributed by atoms with Crippen molar-refractivity contribution in [2.24, 2.45) is 5.92 Å².